The number of likely N-dealkylation sites (tertiary alicyclic amines) is 1. The van der Waals surface area contributed by atoms with E-state index in [1.165, 1.54) is 10.4 Å². The summed E-state index contributed by atoms with van der Waals surface area (Å²) in [5, 5.41) is 0. The van der Waals surface area contributed by atoms with Crippen molar-refractivity contribution in [3.05, 3.63) is 29.8 Å². The van der Waals surface area contributed by atoms with E-state index in [9.17, 15) is 18.0 Å². The molecule has 2 fully saturated rings. The molecule has 0 spiro atoms. The lowest BCUT2D eigenvalue weighted by Crippen LogP contribution is -2.40. The second kappa shape index (κ2) is 7.25. The van der Waals surface area contributed by atoms with Gasteiger partial charge in [0, 0.05) is 44.6 Å². The van der Waals surface area contributed by atoms with Gasteiger partial charge in [0.2, 0.25) is 10.0 Å². The molecule has 0 radical (unpaired) electrons. The van der Waals surface area contributed by atoms with E-state index in [1.807, 2.05) is 0 Å². The van der Waals surface area contributed by atoms with Crippen molar-refractivity contribution in [2.45, 2.75) is 37.5 Å². The first kappa shape index (κ1) is 18.1. The van der Waals surface area contributed by atoms with Crippen LogP contribution in [0.15, 0.2) is 29.2 Å². The fourth-order valence-electron chi connectivity index (χ4n) is 3.45. The van der Waals surface area contributed by atoms with Crippen molar-refractivity contribution in [2.24, 2.45) is 5.92 Å². The van der Waals surface area contributed by atoms with Crippen LogP contribution in [0.4, 0.5) is 0 Å². The van der Waals surface area contributed by atoms with E-state index >= 15 is 0 Å². The molecule has 136 valence electrons. The summed E-state index contributed by atoms with van der Waals surface area (Å²) in [6, 6.07) is 6.26. The van der Waals surface area contributed by atoms with Crippen molar-refractivity contribution in [1.29, 1.82) is 0 Å². The highest BCUT2D eigenvalue weighted by atomic mass is 32.2. The summed E-state index contributed by atoms with van der Waals surface area (Å²) >= 11 is 0. The van der Waals surface area contributed by atoms with Crippen LogP contribution in [0.2, 0.25) is 0 Å². The number of ketones is 1. The predicted molar refractivity (Wildman–Crippen MR) is 93.7 cm³/mol. The molecule has 0 N–H and O–H groups in total. The van der Waals surface area contributed by atoms with Gasteiger partial charge in [-0.05, 0) is 37.0 Å². The van der Waals surface area contributed by atoms with Gasteiger partial charge in [-0.25, -0.2) is 8.42 Å². The maximum atomic E-state index is 12.9. The number of hydrogen-bond acceptors (Lipinski definition) is 4. The van der Waals surface area contributed by atoms with Crippen LogP contribution in [0.5, 0.6) is 0 Å². The minimum atomic E-state index is -3.58. The summed E-state index contributed by atoms with van der Waals surface area (Å²) in [7, 11) is -3.58. The fourth-order valence-corrected chi connectivity index (χ4v) is 5.09. The second-order valence-corrected chi connectivity index (χ2v) is 8.91. The molecule has 0 aliphatic carbocycles. The zero-order valence-corrected chi connectivity index (χ0v) is 15.3. The first-order valence-electron chi connectivity index (χ1n) is 8.79. The molecule has 2 aliphatic heterocycles. The molecule has 0 unspecified atom stereocenters. The molecule has 2 aliphatic rings. The van der Waals surface area contributed by atoms with Crippen molar-refractivity contribution in [3.8, 4) is 0 Å². The van der Waals surface area contributed by atoms with Crippen molar-refractivity contribution < 1.29 is 18.0 Å². The van der Waals surface area contributed by atoms with E-state index in [2.05, 4.69) is 6.92 Å². The predicted octanol–water partition coefficient (Wildman–Crippen LogP) is 1.91. The summed E-state index contributed by atoms with van der Waals surface area (Å²) in [5.74, 6) is 0.301. The minimum Gasteiger partial charge on any atom is -0.338 e. The molecule has 3 rings (SSSR count). The normalized spacial score (nSPS) is 22.8. The molecule has 0 aromatic heterocycles. The Bertz CT molecular complexity index is 765. The number of carbonyl (C=O) groups is 2. The van der Waals surface area contributed by atoms with Gasteiger partial charge in [-0.15, -0.1) is 0 Å². The quantitative estimate of drug-likeness (QED) is 0.821. The number of amides is 1. The first-order valence-corrected chi connectivity index (χ1v) is 10.2. The van der Waals surface area contributed by atoms with E-state index < -0.39 is 10.0 Å². The second-order valence-electron chi connectivity index (χ2n) is 6.97. The molecule has 0 saturated carbocycles. The van der Waals surface area contributed by atoms with Gasteiger partial charge in [-0.2, -0.15) is 4.31 Å². The first-order chi connectivity index (χ1) is 11.9. The Hall–Kier alpha value is -1.73. The van der Waals surface area contributed by atoms with Crippen molar-refractivity contribution >= 4 is 21.7 Å². The van der Waals surface area contributed by atoms with Gasteiger partial charge in [0.25, 0.3) is 5.91 Å². The van der Waals surface area contributed by atoms with Crippen molar-refractivity contribution in [1.82, 2.24) is 9.21 Å². The third-order valence-corrected chi connectivity index (χ3v) is 6.81. The molecule has 0 bridgehead atoms. The average molecular weight is 364 g/mol. The summed E-state index contributed by atoms with van der Waals surface area (Å²) in [6.45, 7) is 3.91. The topological polar surface area (TPSA) is 74.8 Å². The molecule has 25 heavy (non-hydrogen) atoms. The average Bonchev–Trinajstić information content (AvgIpc) is 2.62. The highest BCUT2D eigenvalue weighted by molar-refractivity contribution is 7.89. The van der Waals surface area contributed by atoms with Crippen molar-refractivity contribution in [2.75, 3.05) is 26.2 Å². The number of piperidine rings is 2. The third kappa shape index (κ3) is 3.93. The molecular weight excluding hydrogens is 340 g/mol. The lowest BCUT2D eigenvalue weighted by atomic mass is 10.0. The zero-order valence-electron chi connectivity index (χ0n) is 14.5. The maximum absolute atomic E-state index is 12.9. The number of Topliss-reactive ketones (excluding diaryl/α,β-unsaturated/α-hetero) is 1. The van der Waals surface area contributed by atoms with E-state index in [-0.39, 0.29) is 16.6 Å². The number of hydrogen-bond donors (Lipinski definition) is 0. The standard InChI is InChI=1S/C18H24N2O4S/c1-14-4-3-9-20(13-14)25(23,24)17-6-2-5-15(12-17)18(22)19-10-7-16(21)8-11-19/h2,5-6,12,14H,3-4,7-11,13H2,1H3/t14-/m0/s1. The van der Waals surface area contributed by atoms with Crippen LogP contribution >= 0.6 is 0 Å². The van der Waals surface area contributed by atoms with Gasteiger partial charge >= 0.3 is 0 Å². The molecule has 1 aromatic carbocycles. The monoisotopic (exact) mass is 364 g/mol. The Labute approximate surface area is 148 Å². The Kier molecular flexibility index (Phi) is 5.24. The maximum Gasteiger partial charge on any atom is 0.253 e. The molecule has 6 nitrogen and oxygen atoms in total. The summed E-state index contributed by atoms with van der Waals surface area (Å²) in [6.07, 6.45) is 2.64. The van der Waals surface area contributed by atoms with Gasteiger partial charge < -0.3 is 4.90 Å². The van der Waals surface area contributed by atoms with Crippen LogP contribution < -0.4 is 0 Å². The number of benzene rings is 1. The third-order valence-electron chi connectivity index (χ3n) is 4.95. The van der Waals surface area contributed by atoms with Gasteiger partial charge in [-0.1, -0.05) is 13.0 Å². The molecule has 1 amide bonds. The van der Waals surface area contributed by atoms with Gasteiger partial charge in [0.1, 0.15) is 5.78 Å². The lowest BCUT2D eigenvalue weighted by Gasteiger charge is -2.30. The Morgan fingerprint density at radius 2 is 1.88 bits per heavy atom. The van der Waals surface area contributed by atoms with Crippen LogP contribution in [-0.2, 0) is 14.8 Å². The molecule has 2 saturated heterocycles. The number of nitrogens with zero attached hydrogens (tertiary/aromatic N) is 2. The van der Waals surface area contributed by atoms with E-state index in [1.54, 1.807) is 23.1 Å². The summed E-state index contributed by atoms with van der Waals surface area (Å²) < 4.78 is 27.3. The molecule has 1 atom stereocenters. The van der Waals surface area contributed by atoms with Crippen molar-refractivity contribution in [3.63, 3.8) is 0 Å². The number of carbonyl (C=O) groups excluding carboxylic acids is 2. The highest BCUT2D eigenvalue weighted by Crippen LogP contribution is 2.24. The highest BCUT2D eigenvalue weighted by Gasteiger charge is 2.29. The smallest absolute Gasteiger partial charge is 0.253 e. The largest absolute Gasteiger partial charge is 0.338 e. The lowest BCUT2D eigenvalue weighted by molar-refractivity contribution is -0.120. The van der Waals surface area contributed by atoms with Gasteiger partial charge in [0.05, 0.1) is 4.90 Å². The van der Waals surface area contributed by atoms with Gasteiger partial charge in [-0.3, -0.25) is 9.59 Å². The molecule has 1 aromatic rings. The number of rotatable bonds is 3. The van der Waals surface area contributed by atoms with Crippen LogP contribution in [0.1, 0.15) is 43.0 Å². The number of sulfonamides is 1. The Balaban J connectivity index is 1.81. The zero-order chi connectivity index (χ0) is 18.0. The summed E-state index contributed by atoms with van der Waals surface area (Å²) in [5.41, 5.74) is 0.362. The SMILES string of the molecule is C[C@H]1CCCN(S(=O)(=O)c2cccc(C(=O)N3CCC(=O)CC3)c2)C1. The Morgan fingerprint density at radius 1 is 1.16 bits per heavy atom. The van der Waals surface area contributed by atoms with E-state index in [4.69, 9.17) is 0 Å². The summed E-state index contributed by atoms with van der Waals surface area (Å²) in [4.78, 5) is 25.7. The van der Waals surface area contributed by atoms with Crippen LogP contribution in [-0.4, -0.2) is 55.5 Å². The van der Waals surface area contributed by atoms with Crippen LogP contribution in [0.25, 0.3) is 0 Å². The van der Waals surface area contributed by atoms with Crippen LogP contribution in [0.3, 0.4) is 0 Å². The van der Waals surface area contributed by atoms with E-state index in [0.29, 0.717) is 50.5 Å². The Morgan fingerprint density at radius 3 is 2.56 bits per heavy atom. The fraction of sp³-hybridized carbons (Fsp3) is 0.556. The minimum absolute atomic E-state index is 0.166. The molecule has 7 heteroatoms. The molecule has 2 heterocycles. The van der Waals surface area contributed by atoms with E-state index in [0.717, 1.165) is 12.8 Å². The van der Waals surface area contributed by atoms with Crippen LogP contribution in [0, 0.1) is 5.92 Å². The van der Waals surface area contributed by atoms with Gasteiger partial charge in [0.15, 0.2) is 0 Å². The molecular formula is C18H24N2O4S.